The summed E-state index contributed by atoms with van der Waals surface area (Å²) in [6.07, 6.45) is 4.26. The highest BCUT2D eigenvalue weighted by Gasteiger charge is 2.15. The van der Waals surface area contributed by atoms with Gasteiger partial charge in [0.1, 0.15) is 11.5 Å². The summed E-state index contributed by atoms with van der Waals surface area (Å²) in [6, 6.07) is 10.1. The number of rotatable bonds is 10. The number of carbonyl (C=O) groups is 2. The first-order chi connectivity index (χ1) is 15.8. The van der Waals surface area contributed by atoms with Crippen molar-refractivity contribution >= 4 is 72.6 Å². The zero-order valence-electron chi connectivity index (χ0n) is 17.9. The van der Waals surface area contributed by atoms with Gasteiger partial charge in [-0.15, -0.1) is 0 Å². The van der Waals surface area contributed by atoms with Crippen LogP contribution in [0.1, 0.15) is 43.0 Å². The van der Waals surface area contributed by atoms with E-state index in [0.29, 0.717) is 33.2 Å². The first-order valence-electron chi connectivity index (χ1n) is 10.2. The van der Waals surface area contributed by atoms with Gasteiger partial charge in [-0.1, -0.05) is 53.7 Å². The van der Waals surface area contributed by atoms with Gasteiger partial charge < -0.3 is 9.47 Å². The highest BCUT2D eigenvalue weighted by molar-refractivity contribution is 9.10. The van der Waals surface area contributed by atoms with Gasteiger partial charge in [-0.3, -0.25) is 25.8 Å². The van der Waals surface area contributed by atoms with Gasteiger partial charge >= 0.3 is 0 Å². The third-order valence-corrected chi connectivity index (χ3v) is 5.79. The van der Waals surface area contributed by atoms with Crippen LogP contribution in [0.4, 0.5) is 0 Å². The van der Waals surface area contributed by atoms with Crippen LogP contribution in [0.15, 0.2) is 45.3 Å². The number of thiocarbonyl (C=S) groups is 1. The number of hydrogen-bond donors (Lipinski definition) is 3. The van der Waals surface area contributed by atoms with Crippen molar-refractivity contribution in [1.82, 2.24) is 16.2 Å². The summed E-state index contributed by atoms with van der Waals surface area (Å²) in [5, 5.41) is 2.99. The third-order valence-electron chi connectivity index (χ3n) is 4.24. The highest BCUT2D eigenvalue weighted by Crippen LogP contribution is 2.28. The fraction of sp³-hybridized carbons (Fsp3) is 0.318. The van der Waals surface area contributed by atoms with E-state index in [-0.39, 0.29) is 11.7 Å². The number of hydrogen-bond acceptors (Lipinski definition) is 5. The van der Waals surface area contributed by atoms with Crippen LogP contribution < -0.4 is 25.6 Å². The summed E-state index contributed by atoms with van der Waals surface area (Å²) in [7, 11) is 0. The van der Waals surface area contributed by atoms with Crippen molar-refractivity contribution in [3.8, 4) is 11.5 Å². The Labute approximate surface area is 220 Å². The van der Waals surface area contributed by atoms with Crippen LogP contribution in [-0.2, 0) is 4.79 Å². The molecule has 0 bridgehead atoms. The smallest absolute Gasteiger partial charge is 0.276 e. The van der Waals surface area contributed by atoms with Crippen molar-refractivity contribution in [1.29, 1.82) is 0 Å². The number of benzene rings is 2. The second-order valence-corrected chi connectivity index (χ2v) is 9.48. The number of amides is 2. The van der Waals surface area contributed by atoms with Crippen LogP contribution >= 0.6 is 55.7 Å². The maximum absolute atomic E-state index is 12.7. The SMILES string of the molecule is CCCCCCOc1ccc(Br)cc1C(=O)NC(=S)NNC(=O)COc1ccc(Cl)cc1Br. The van der Waals surface area contributed by atoms with E-state index >= 15 is 0 Å². The van der Waals surface area contributed by atoms with Gasteiger partial charge in [-0.2, -0.15) is 0 Å². The number of unbranched alkanes of at least 4 members (excludes halogenated alkanes) is 3. The predicted octanol–water partition coefficient (Wildman–Crippen LogP) is 5.54. The average molecular weight is 622 g/mol. The molecule has 3 N–H and O–H groups in total. The maximum Gasteiger partial charge on any atom is 0.276 e. The lowest BCUT2D eigenvalue weighted by atomic mass is 10.2. The van der Waals surface area contributed by atoms with Crippen LogP contribution in [0, 0.1) is 0 Å². The van der Waals surface area contributed by atoms with Crippen molar-refractivity contribution < 1.29 is 19.1 Å². The van der Waals surface area contributed by atoms with E-state index < -0.39 is 11.8 Å². The topological polar surface area (TPSA) is 88.7 Å². The van der Waals surface area contributed by atoms with E-state index in [1.807, 2.05) is 0 Å². The Kier molecular flexibility index (Phi) is 11.9. The molecule has 178 valence electrons. The van der Waals surface area contributed by atoms with Crippen molar-refractivity contribution in [2.45, 2.75) is 32.6 Å². The fourth-order valence-corrected chi connectivity index (χ4v) is 3.92. The molecule has 0 fully saturated rings. The molecule has 0 atom stereocenters. The minimum absolute atomic E-state index is 0.0742. The summed E-state index contributed by atoms with van der Waals surface area (Å²) < 4.78 is 12.6. The lowest BCUT2D eigenvalue weighted by Gasteiger charge is -2.14. The zero-order valence-corrected chi connectivity index (χ0v) is 22.6. The molecule has 0 saturated heterocycles. The summed E-state index contributed by atoms with van der Waals surface area (Å²) in [6.45, 7) is 2.39. The van der Waals surface area contributed by atoms with Crippen molar-refractivity contribution in [3.05, 3.63) is 55.9 Å². The Bertz CT molecular complexity index is 994. The zero-order chi connectivity index (χ0) is 24.2. The fourth-order valence-electron chi connectivity index (χ4n) is 2.62. The first-order valence-corrected chi connectivity index (χ1v) is 12.6. The number of carbonyl (C=O) groups excluding carboxylic acids is 2. The van der Waals surface area contributed by atoms with Gasteiger partial charge in [0, 0.05) is 9.50 Å². The van der Waals surface area contributed by atoms with E-state index in [4.69, 9.17) is 33.3 Å². The third kappa shape index (κ3) is 9.87. The molecule has 0 heterocycles. The lowest BCUT2D eigenvalue weighted by Crippen LogP contribution is -2.49. The van der Waals surface area contributed by atoms with E-state index in [1.165, 1.54) is 0 Å². The standard InChI is InChI=1S/C22H24Br2ClN3O4S/c1-2-3-4-5-10-31-18-8-6-14(23)11-16(18)21(30)26-22(33)28-27-20(29)13-32-19-9-7-15(25)12-17(19)24/h6-9,11-12H,2-5,10,13H2,1H3,(H,27,29)(H2,26,28,30,33). The minimum Gasteiger partial charge on any atom is -0.493 e. The molecule has 0 spiro atoms. The molecular formula is C22H24Br2ClN3O4S. The average Bonchev–Trinajstić information content (AvgIpc) is 2.77. The van der Waals surface area contributed by atoms with Gasteiger partial charge in [-0.05, 0) is 71.0 Å². The van der Waals surface area contributed by atoms with E-state index in [1.54, 1.807) is 36.4 Å². The first kappa shape index (κ1) is 27.4. The number of ether oxygens (including phenoxy) is 2. The van der Waals surface area contributed by atoms with Gasteiger partial charge in [0.2, 0.25) is 0 Å². The summed E-state index contributed by atoms with van der Waals surface area (Å²) >= 11 is 17.6. The Morgan fingerprint density at radius 2 is 1.76 bits per heavy atom. The van der Waals surface area contributed by atoms with E-state index in [2.05, 4.69) is 55.0 Å². The van der Waals surface area contributed by atoms with Gasteiger partial charge in [0.25, 0.3) is 11.8 Å². The van der Waals surface area contributed by atoms with Gasteiger partial charge in [-0.25, -0.2) is 0 Å². The van der Waals surface area contributed by atoms with Crippen LogP contribution in [0.3, 0.4) is 0 Å². The molecular weight excluding hydrogens is 598 g/mol. The minimum atomic E-state index is -0.494. The number of halogens is 3. The molecule has 0 aliphatic carbocycles. The molecule has 2 aromatic rings. The second kappa shape index (κ2) is 14.4. The van der Waals surface area contributed by atoms with Crippen LogP contribution in [0.25, 0.3) is 0 Å². The monoisotopic (exact) mass is 619 g/mol. The lowest BCUT2D eigenvalue weighted by molar-refractivity contribution is -0.123. The maximum atomic E-state index is 12.7. The van der Waals surface area contributed by atoms with Crippen molar-refractivity contribution in [3.63, 3.8) is 0 Å². The van der Waals surface area contributed by atoms with E-state index in [0.717, 1.165) is 30.2 Å². The molecule has 2 aromatic carbocycles. The molecule has 7 nitrogen and oxygen atoms in total. The molecule has 0 aliphatic rings. The molecule has 33 heavy (non-hydrogen) atoms. The molecule has 0 aromatic heterocycles. The predicted molar refractivity (Wildman–Crippen MR) is 140 cm³/mol. The number of nitrogens with one attached hydrogen (secondary N) is 3. The Morgan fingerprint density at radius 3 is 2.48 bits per heavy atom. The molecule has 11 heteroatoms. The molecule has 0 aliphatic heterocycles. The summed E-state index contributed by atoms with van der Waals surface area (Å²) in [5.41, 5.74) is 5.17. The van der Waals surface area contributed by atoms with Crippen molar-refractivity contribution in [2.24, 2.45) is 0 Å². The molecule has 2 rings (SSSR count). The van der Waals surface area contributed by atoms with Gasteiger partial charge in [0.15, 0.2) is 11.7 Å². The normalized spacial score (nSPS) is 10.3. The summed E-state index contributed by atoms with van der Waals surface area (Å²) in [5.74, 6) is -0.0387. The highest BCUT2D eigenvalue weighted by atomic mass is 79.9. The Balaban J connectivity index is 1.82. The van der Waals surface area contributed by atoms with Crippen LogP contribution in [0.2, 0.25) is 5.02 Å². The van der Waals surface area contributed by atoms with Crippen molar-refractivity contribution in [2.75, 3.05) is 13.2 Å². The largest absolute Gasteiger partial charge is 0.493 e. The quantitative estimate of drug-likeness (QED) is 0.184. The van der Waals surface area contributed by atoms with Crippen LogP contribution in [0.5, 0.6) is 11.5 Å². The molecule has 0 radical (unpaired) electrons. The molecule has 0 saturated carbocycles. The Hall–Kier alpha value is -1.88. The van der Waals surface area contributed by atoms with Crippen LogP contribution in [-0.4, -0.2) is 30.1 Å². The Morgan fingerprint density at radius 1 is 1.00 bits per heavy atom. The number of hydrazine groups is 1. The summed E-state index contributed by atoms with van der Waals surface area (Å²) in [4.78, 5) is 24.7. The second-order valence-electron chi connectivity index (χ2n) is 6.87. The molecule has 0 unspecified atom stereocenters. The molecule has 2 amide bonds. The van der Waals surface area contributed by atoms with Gasteiger partial charge in [0.05, 0.1) is 16.6 Å². The van der Waals surface area contributed by atoms with E-state index in [9.17, 15) is 9.59 Å².